The highest BCUT2D eigenvalue weighted by Gasteiger charge is 2.31. The Morgan fingerprint density at radius 1 is 1.12 bits per heavy atom. The van der Waals surface area contributed by atoms with Crippen molar-refractivity contribution in [2.45, 2.75) is 71.1 Å². The number of amides is 1. The lowest BCUT2D eigenvalue weighted by Gasteiger charge is -2.29. The maximum atomic E-state index is 12.7. The summed E-state index contributed by atoms with van der Waals surface area (Å²) in [6.45, 7) is 3.62. The van der Waals surface area contributed by atoms with E-state index in [1.165, 1.54) is 32.1 Å². The lowest BCUT2D eigenvalue weighted by atomic mass is 9.81. The Balaban J connectivity index is 1.85. The summed E-state index contributed by atoms with van der Waals surface area (Å²) in [4.78, 5) is 24.3. The standard InChI is InChI=1S/C20H35NO4/c1-2-6-17(13-15-7-4-3-5-8-15)19(22)21-14-18(20(23)24)16-9-11-25-12-10-16/h15-18H,2-14H2,1H3,(H,21,22)(H,23,24). The van der Waals surface area contributed by atoms with Crippen molar-refractivity contribution in [3.05, 3.63) is 0 Å². The Hall–Kier alpha value is -1.10. The van der Waals surface area contributed by atoms with Gasteiger partial charge in [-0.25, -0.2) is 0 Å². The van der Waals surface area contributed by atoms with Gasteiger partial charge in [0.2, 0.25) is 5.91 Å². The minimum atomic E-state index is -0.800. The fourth-order valence-electron chi connectivity index (χ4n) is 4.46. The molecule has 2 aliphatic rings. The number of ether oxygens (including phenoxy) is 1. The number of carbonyl (C=O) groups excluding carboxylic acids is 1. The summed E-state index contributed by atoms with van der Waals surface area (Å²) in [7, 11) is 0. The van der Waals surface area contributed by atoms with Gasteiger partial charge in [0.05, 0.1) is 5.92 Å². The molecule has 0 aromatic carbocycles. The van der Waals surface area contributed by atoms with Crippen molar-refractivity contribution in [1.29, 1.82) is 0 Å². The Bertz CT molecular complexity index is 414. The molecule has 144 valence electrons. The first kappa shape index (κ1) is 20.2. The molecule has 1 aliphatic heterocycles. The smallest absolute Gasteiger partial charge is 0.308 e. The molecule has 0 radical (unpaired) electrons. The summed E-state index contributed by atoms with van der Waals surface area (Å²) >= 11 is 0. The summed E-state index contributed by atoms with van der Waals surface area (Å²) in [5.74, 6) is -0.421. The first-order valence-corrected chi connectivity index (χ1v) is 10.2. The molecule has 2 rings (SSSR count). The van der Waals surface area contributed by atoms with Gasteiger partial charge in [-0.1, -0.05) is 45.4 Å². The molecule has 0 spiro atoms. The first-order valence-electron chi connectivity index (χ1n) is 10.2. The Morgan fingerprint density at radius 2 is 1.80 bits per heavy atom. The number of hydrogen-bond donors (Lipinski definition) is 2. The Labute approximate surface area is 151 Å². The number of carboxylic acids is 1. The molecule has 0 bridgehead atoms. The van der Waals surface area contributed by atoms with Crippen LogP contribution in [0.15, 0.2) is 0 Å². The molecule has 1 amide bonds. The maximum Gasteiger partial charge on any atom is 0.308 e. The van der Waals surface area contributed by atoms with Gasteiger partial charge in [-0.05, 0) is 37.5 Å². The number of carbonyl (C=O) groups is 2. The normalized spacial score (nSPS) is 22.3. The molecular weight excluding hydrogens is 318 g/mol. The van der Waals surface area contributed by atoms with E-state index in [0.29, 0.717) is 19.1 Å². The third kappa shape index (κ3) is 6.61. The molecule has 25 heavy (non-hydrogen) atoms. The van der Waals surface area contributed by atoms with Crippen LogP contribution in [0.5, 0.6) is 0 Å². The summed E-state index contributed by atoms with van der Waals surface area (Å²) in [5, 5.41) is 12.5. The molecule has 2 N–H and O–H groups in total. The number of nitrogens with one attached hydrogen (secondary N) is 1. The van der Waals surface area contributed by atoms with E-state index >= 15 is 0 Å². The van der Waals surface area contributed by atoms with Gasteiger partial charge in [0.25, 0.3) is 0 Å². The number of hydrogen-bond acceptors (Lipinski definition) is 3. The van der Waals surface area contributed by atoms with Crippen LogP contribution in [0.3, 0.4) is 0 Å². The van der Waals surface area contributed by atoms with Crippen molar-refractivity contribution >= 4 is 11.9 Å². The Morgan fingerprint density at radius 3 is 2.40 bits per heavy atom. The number of aliphatic carboxylic acids is 1. The van der Waals surface area contributed by atoms with E-state index in [0.717, 1.165) is 32.1 Å². The van der Waals surface area contributed by atoms with Crippen molar-refractivity contribution < 1.29 is 19.4 Å². The highest BCUT2D eigenvalue weighted by molar-refractivity contribution is 5.79. The molecule has 2 unspecified atom stereocenters. The number of rotatable bonds is 9. The molecule has 0 aromatic heterocycles. The van der Waals surface area contributed by atoms with Crippen LogP contribution in [0.2, 0.25) is 0 Å². The third-order valence-corrected chi connectivity index (χ3v) is 6.00. The topological polar surface area (TPSA) is 75.6 Å². The van der Waals surface area contributed by atoms with E-state index in [-0.39, 0.29) is 24.3 Å². The lowest BCUT2D eigenvalue weighted by Crippen LogP contribution is -2.41. The fourth-order valence-corrected chi connectivity index (χ4v) is 4.46. The van der Waals surface area contributed by atoms with Crippen molar-refractivity contribution in [2.24, 2.45) is 23.7 Å². The van der Waals surface area contributed by atoms with E-state index in [4.69, 9.17) is 4.74 Å². The van der Waals surface area contributed by atoms with Crippen molar-refractivity contribution in [3.8, 4) is 0 Å². The highest BCUT2D eigenvalue weighted by Crippen LogP contribution is 2.31. The van der Waals surface area contributed by atoms with Gasteiger partial charge in [0.1, 0.15) is 0 Å². The second-order valence-electron chi connectivity index (χ2n) is 7.87. The minimum absolute atomic E-state index is 0.0391. The third-order valence-electron chi connectivity index (χ3n) is 6.00. The largest absolute Gasteiger partial charge is 0.481 e. The average molecular weight is 354 g/mol. The van der Waals surface area contributed by atoms with Crippen molar-refractivity contribution in [3.63, 3.8) is 0 Å². The van der Waals surface area contributed by atoms with Crippen LogP contribution in [-0.4, -0.2) is 36.7 Å². The minimum Gasteiger partial charge on any atom is -0.481 e. The molecule has 1 saturated heterocycles. The van der Waals surface area contributed by atoms with Crippen LogP contribution in [0.1, 0.15) is 71.1 Å². The lowest BCUT2D eigenvalue weighted by molar-refractivity contribution is -0.145. The van der Waals surface area contributed by atoms with E-state index in [2.05, 4.69) is 12.2 Å². The summed E-state index contributed by atoms with van der Waals surface area (Å²) in [5.41, 5.74) is 0. The molecular formula is C20H35NO4. The van der Waals surface area contributed by atoms with E-state index < -0.39 is 11.9 Å². The van der Waals surface area contributed by atoms with Crippen LogP contribution < -0.4 is 5.32 Å². The van der Waals surface area contributed by atoms with Crippen molar-refractivity contribution in [1.82, 2.24) is 5.32 Å². The maximum absolute atomic E-state index is 12.7. The van der Waals surface area contributed by atoms with E-state index in [1.54, 1.807) is 0 Å². The monoisotopic (exact) mass is 353 g/mol. The predicted molar refractivity (Wildman–Crippen MR) is 97.3 cm³/mol. The molecule has 1 saturated carbocycles. The molecule has 5 heteroatoms. The fraction of sp³-hybridized carbons (Fsp3) is 0.900. The second kappa shape index (κ2) is 10.8. The highest BCUT2D eigenvalue weighted by atomic mass is 16.5. The first-order chi connectivity index (χ1) is 12.1. The van der Waals surface area contributed by atoms with E-state index in [1.807, 2.05) is 0 Å². The molecule has 2 atom stereocenters. The summed E-state index contributed by atoms with van der Waals surface area (Å²) < 4.78 is 5.33. The van der Waals surface area contributed by atoms with Crippen LogP contribution in [0.25, 0.3) is 0 Å². The SMILES string of the molecule is CCCC(CC1CCCCC1)C(=O)NCC(C(=O)O)C1CCOCC1. The molecule has 5 nitrogen and oxygen atoms in total. The van der Waals surface area contributed by atoms with Crippen LogP contribution in [-0.2, 0) is 14.3 Å². The van der Waals surface area contributed by atoms with Crippen LogP contribution >= 0.6 is 0 Å². The van der Waals surface area contributed by atoms with Crippen LogP contribution in [0, 0.1) is 23.7 Å². The zero-order chi connectivity index (χ0) is 18.1. The van der Waals surface area contributed by atoms with Crippen molar-refractivity contribution in [2.75, 3.05) is 19.8 Å². The summed E-state index contributed by atoms with van der Waals surface area (Å²) in [6.07, 6.45) is 10.8. The Kier molecular flexibility index (Phi) is 8.73. The summed E-state index contributed by atoms with van der Waals surface area (Å²) in [6, 6.07) is 0. The quantitative estimate of drug-likeness (QED) is 0.664. The molecule has 2 fully saturated rings. The van der Waals surface area contributed by atoms with E-state index in [9.17, 15) is 14.7 Å². The van der Waals surface area contributed by atoms with Gasteiger partial charge in [-0.15, -0.1) is 0 Å². The zero-order valence-electron chi connectivity index (χ0n) is 15.7. The van der Waals surface area contributed by atoms with Gasteiger partial charge in [-0.2, -0.15) is 0 Å². The van der Waals surface area contributed by atoms with Gasteiger partial charge in [0.15, 0.2) is 0 Å². The molecule has 1 aliphatic carbocycles. The average Bonchev–Trinajstić information content (AvgIpc) is 2.63. The van der Waals surface area contributed by atoms with Crippen LogP contribution in [0.4, 0.5) is 0 Å². The van der Waals surface area contributed by atoms with Gasteiger partial charge >= 0.3 is 5.97 Å². The molecule has 0 aromatic rings. The molecule has 1 heterocycles. The predicted octanol–water partition coefficient (Wildman–Crippen LogP) is 3.62. The number of carboxylic acid groups (broad SMARTS) is 1. The second-order valence-corrected chi connectivity index (χ2v) is 7.87. The van der Waals surface area contributed by atoms with Gasteiger partial charge < -0.3 is 15.2 Å². The van der Waals surface area contributed by atoms with Gasteiger partial charge in [0, 0.05) is 25.7 Å². The zero-order valence-corrected chi connectivity index (χ0v) is 15.7. The van der Waals surface area contributed by atoms with Gasteiger partial charge in [-0.3, -0.25) is 9.59 Å².